The molecule has 0 radical (unpaired) electrons. The fourth-order valence-corrected chi connectivity index (χ4v) is 2.99. The third-order valence-corrected chi connectivity index (χ3v) is 4.21. The minimum Gasteiger partial charge on any atom is -0.402 e. The zero-order valence-corrected chi connectivity index (χ0v) is 14.5. The second-order valence-corrected chi connectivity index (χ2v) is 7.19. The Labute approximate surface area is 138 Å². The molecule has 2 aromatic carbocycles. The Kier molecular flexibility index (Phi) is 4.22. The van der Waals surface area contributed by atoms with Crippen LogP contribution in [0.15, 0.2) is 52.9 Å². The molecule has 0 saturated carbocycles. The van der Waals surface area contributed by atoms with Crippen molar-refractivity contribution in [3.8, 4) is 11.1 Å². The molecule has 0 N–H and O–H groups in total. The molecule has 0 aliphatic heterocycles. The molecule has 0 spiro atoms. The molecular formula is C20H26N2O+2. The van der Waals surface area contributed by atoms with Gasteiger partial charge >= 0.3 is 5.89 Å². The summed E-state index contributed by atoms with van der Waals surface area (Å²) in [5.41, 5.74) is 4.63. The molecule has 0 amide bonds. The van der Waals surface area contributed by atoms with E-state index >= 15 is 0 Å². The van der Waals surface area contributed by atoms with Crippen LogP contribution in [0.2, 0.25) is 0 Å². The molecule has 0 unspecified atom stereocenters. The fourth-order valence-electron chi connectivity index (χ4n) is 2.99. The minimum atomic E-state index is 0.965. The van der Waals surface area contributed by atoms with Crippen molar-refractivity contribution in [2.45, 2.75) is 19.9 Å². The molecule has 3 aromatic rings. The van der Waals surface area contributed by atoms with E-state index < -0.39 is 0 Å². The van der Waals surface area contributed by atoms with Crippen LogP contribution in [0.1, 0.15) is 12.3 Å². The summed E-state index contributed by atoms with van der Waals surface area (Å²) in [6.07, 6.45) is 1.14. The molecule has 0 bridgehead atoms. The van der Waals surface area contributed by atoms with Gasteiger partial charge in [-0.3, -0.25) is 0 Å². The van der Waals surface area contributed by atoms with Crippen LogP contribution < -0.4 is 4.57 Å². The van der Waals surface area contributed by atoms with Gasteiger partial charge in [0.2, 0.25) is 5.58 Å². The highest BCUT2D eigenvalue weighted by Gasteiger charge is 2.20. The molecule has 0 aliphatic carbocycles. The van der Waals surface area contributed by atoms with Crippen LogP contribution >= 0.6 is 0 Å². The predicted octanol–water partition coefficient (Wildman–Crippen LogP) is 3.79. The van der Waals surface area contributed by atoms with Gasteiger partial charge in [0.15, 0.2) is 6.54 Å². The van der Waals surface area contributed by atoms with Crippen LogP contribution in [0.5, 0.6) is 0 Å². The van der Waals surface area contributed by atoms with E-state index in [1.165, 1.54) is 16.6 Å². The quantitative estimate of drug-likeness (QED) is 0.517. The second kappa shape index (κ2) is 6.17. The fraction of sp³-hybridized carbons (Fsp3) is 0.350. The topological polar surface area (TPSA) is 17.0 Å². The number of nitrogens with zero attached hydrogens (tertiary/aromatic N) is 2. The van der Waals surface area contributed by atoms with E-state index in [-0.39, 0.29) is 0 Å². The summed E-state index contributed by atoms with van der Waals surface area (Å²) in [5.74, 6) is 0.978. The summed E-state index contributed by atoms with van der Waals surface area (Å²) in [4.78, 5) is 0. The zero-order chi connectivity index (χ0) is 16.4. The van der Waals surface area contributed by atoms with Gasteiger partial charge in [-0.25, -0.2) is 0 Å². The van der Waals surface area contributed by atoms with E-state index in [9.17, 15) is 0 Å². The Hall–Kier alpha value is -2.13. The average Bonchev–Trinajstić information content (AvgIpc) is 2.82. The first kappa shape index (κ1) is 15.8. The van der Waals surface area contributed by atoms with Gasteiger partial charge in [-0.05, 0) is 17.2 Å². The maximum absolute atomic E-state index is 5.93. The van der Waals surface area contributed by atoms with E-state index in [4.69, 9.17) is 4.42 Å². The third kappa shape index (κ3) is 3.62. The van der Waals surface area contributed by atoms with E-state index in [1.807, 2.05) is 6.92 Å². The summed E-state index contributed by atoms with van der Waals surface area (Å²) in [6, 6.07) is 17.0. The van der Waals surface area contributed by atoms with Gasteiger partial charge in [0.05, 0.1) is 41.0 Å². The molecule has 1 heterocycles. The number of hydrogen-bond donors (Lipinski definition) is 0. The number of fused-ring (bicyclic) bond motifs is 1. The first-order valence-corrected chi connectivity index (χ1v) is 8.23. The van der Waals surface area contributed by atoms with Gasteiger partial charge in [-0.15, -0.1) is 0 Å². The first-order chi connectivity index (χ1) is 10.9. The largest absolute Gasteiger partial charge is 0.402 e. The van der Waals surface area contributed by atoms with Crippen molar-refractivity contribution in [3.63, 3.8) is 0 Å². The average molecular weight is 310 g/mol. The Morgan fingerprint density at radius 3 is 2.39 bits per heavy atom. The van der Waals surface area contributed by atoms with E-state index in [0.29, 0.717) is 0 Å². The van der Waals surface area contributed by atoms with Crippen LogP contribution in [-0.2, 0) is 6.54 Å². The lowest BCUT2D eigenvalue weighted by Gasteiger charge is -2.22. The Morgan fingerprint density at radius 1 is 0.957 bits per heavy atom. The van der Waals surface area contributed by atoms with Crippen molar-refractivity contribution in [3.05, 3.63) is 54.4 Å². The van der Waals surface area contributed by atoms with Crippen molar-refractivity contribution >= 4 is 11.1 Å². The van der Waals surface area contributed by atoms with Crippen molar-refractivity contribution in [1.29, 1.82) is 0 Å². The highest BCUT2D eigenvalue weighted by atomic mass is 16.3. The molecule has 0 aliphatic rings. The smallest absolute Gasteiger partial charge is 0.344 e. The van der Waals surface area contributed by atoms with E-state index in [0.717, 1.165) is 35.5 Å². The number of rotatable bonds is 5. The molecule has 0 saturated heterocycles. The van der Waals surface area contributed by atoms with Crippen LogP contribution in [-0.4, -0.2) is 32.2 Å². The van der Waals surface area contributed by atoms with Gasteiger partial charge in [0.25, 0.3) is 5.52 Å². The molecule has 0 atom stereocenters. The highest BCUT2D eigenvalue weighted by molar-refractivity contribution is 5.78. The molecule has 1 aromatic heterocycles. The van der Waals surface area contributed by atoms with Crippen molar-refractivity contribution < 1.29 is 13.5 Å². The number of oxazole rings is 1. The Bertz CT molecular complexity index is 798. The number of hydrogen-bond acceptors (Lipinski definition) is 1. The van der Waals surface area contributed by atoms with E-state index in [2.05, 4.69) is 74.2 Å². The van der Waals surface area contributed by atoms with Crippen LogP contribution in [0.25, 0.3) is 22.2 Å². The molecule has 0 fully saturated rings. The molecule has 3 rings (SSSR count). The summed E-state index contributed by atoms with van der Waals surface area (Å²) >= 11 is 0. The minimum absolute atomic E-state index is 0.965. The van der Waals surface area contributed by atoms with Crippen LogP contribution in [0, 0.1) is 6.92 Å². The van der Waals surface area contributed by atoms with Gasteiger partial charge < -0.3 is 8.90 Å². The number of aromatic nitrogens is 1. The molecule has 3 heteroatoms. The standard InChI is InChI=1S/C20H26N2O/c1-16-21(13-8-14-22(2,3)4)19-15-18(11-12-20(19)23-16)17-9-6-5-7-10-17/h5-7,9-12,15H,8,13-14H2,1-4H3/q+2. The van der Waals surface area contributed by atoms with Crippen molar-refractivity contribution in [1.82, 2.24) is 0 Å². The summed E-state index contributed by atoms with van der Waals surface area (Å²) < 4.78 is 9.22. The zero-order valence-electron chi connectivity index (χ0n) is 14.5. The maximum Gasteiger partial charge on any atom is 0.344 e. The number of quaternary nitrogens is 1. The molecule has 3 nitrogen and oxygen atoms in total. The Morgan fingerprint density at radius 2 is 1.70 bits per heavy atom. The van der Waals surface area contributed by atoms with Gasteiger partial charge in [-0.2, -0.15) is 4.57 Å². The number of aryl methyl sites for hydroxylation is 2. The normalized spacial score (nSPS) is 12.0. The lowest BCUT2D eigenvalue weighted by Crippen LogP contribution is -2.40. The maximum atomic E-state index is 5.93. The second-order valence-electron chi connectivity index (χ2n) is 7.19. The lowest BCUT2D eigenvalue weighted by atomic mass is 10.1. The van der Waals surface area contributed by atoms with E-state index in [1.54, 1.807) is 0 Å². The SMILES string of the molecule is Cc1oc2ccc(-c3ccccc3)cc2[n+]1CCC[N+](C)(C)C. The highest BCUT2D eigenvalue weighted by Crippen LogP contribution is 2.23. The van der Waals surface area contributed by atoms with Gasteiger partial charge in [0.1, 0.15) is 0 Å². The van der Waals surface area contributed by atoms with Gasteiger partial charge in [-0.1, -0.05) is 36.4 Å². The van der Waals surface area contributed by atoms with Crippen LogP contribution in [0.3, 0.4) is 0 Å². The summed E-state index contributed by atoms with van der Waals surface area (Å²) in [5, 5.41) is 0. The van der Waals surface area contributed by atoms with Gasteiger partial charge in [0, 0.05) is 6.07 Å². The van der Waals surface area contributed by atoms with Crippen molar-refractivity contribution in [2.24, 2.45) is 0 Å². The predicted molar refractivity (Wildman–Crippen MR) is 94.1 cm³/mol. The monoisotopic (exact) mass is 310 g/mol. The lowest BCUT2D eigenvalue weighted by molar-refractivity contribution is -0.873. The molecular weight excluding hydrogens is 284 g/mol. The summed E-state index contributed by atoms with van der Waals surface area (Å²) in [6.45, 7) is 4.19. The third-order valence-electron chi connectivity index (χ3n) is 4.21. The molecule has 120 valence electrons. The van der Waals surface area contributed by atoms with Crippen molar-refractivity contribution in [2.75, 3.05) is 27.7 Å². The van der Waals surface area contributed by atoms with Crippen LogP contribution in [0.4, 0.5) is 0 Å². The summed E-state index contributed by atoms with van der Waals surface area (Å²) in [7, 11) is 6.70. The Balaban J connectivity index is 1.93. The number of benzene rings is 2. The molecule has 23 heavy (non-hydrogen) atoms. The first-order valence-electron chi connectivity index (χ1n) is 8.23.